The molecule has 1 aliphatic rings. The Morgan fingerprint density at radius 3 is 2.78 bits per heavy atom. The fourth-order valence-electron chi connectivity index (χ4n) is 1.91. The Morgan fingerprint density at radius 1 is 1.44 bits per heavy atom. The highest BCUT2D eigenvalue weighted by atomic mass is 16.5. The summed E-state index contributed by atoms with van der Waals surface area (Å²) in [7, 11) is 3.66. The Hall–Kier alpha value is -1.88. The average Bonchev–Trinajstić information content (AvgIpc) is 2.31. The molecule has 0 saturated heterocycles. The minimum atomic E-state index is -0.487. The van der Waals surface area contributed by atoms with Crippen LogP contribution in [0, 0.1) is 0 Å². The van der Waals surface area contributed by atoms with Crippen molar-refractivity contribution in [3.05, 3.63) is 23.8 Å². The molecule has 0 aliphatic carbocycles. The minimum Gasteiger partial charge on any atom is -0.479 e. The number of anilines is 1. The van der Waals surface area contributed by atoms with Crippen LogP contribution < -0.4 is 10.1 Å². The van der Waals surface area contributed by atoms with E-state index < -0.39 is 6.10 Å². The lowest BCUT2D eigenvalue weighted by atomic mass is 10.1. The van der Waals surface area contributed by atoms with Gasteiger partial charge in [0.25, 0.3) is 5.91 Å². The first kappa shape index (κ1) is 12.6. The lowest BCUT2D eigenvalue weighted by Gasteiger charge is -2.25. The maximum Gasteiger partial charge on any atom is 0.265 e. The van der Waals surface area contributed by atoms with Crippen molar-refractivity contribution >= 4 is 17.9 Å². The van der Waals surface area contributed by atoms with Crippen molar-refractivity contribution in [1.29, 1.82) is 0 Å². The van der Waals surface area contributed by atoms with Crippen LogP contribution in [-0.4, -0.2) is 37.3 Å². The molecular formula is C13H16N2O3. The van der Waals surface area contributed by atoms with Crippen LogP contribution in [0.3, 0.4) is 0 Å². The second kappa shape index (κ2) is 4.78. The number of hydrogen-bond donors (Lipinski definition) is 1. The first-order chi connectivity index (χ1) is 8.52. The fourth-order valence-corrected chi connectivity index (χ4v) is 1.91. The Bertz CT molecular complexity index is 485. The number of rotatable bonds is 3. The molecule has 2 atom stereocenters. The summed E-state index contributed by atoms with van der Waals surface area (Å²) in [5.41, 5.74) is 1.44. The zero-order valence-electron chi connectivity index (χ0n) is 10.6. The molecule has 0 radical (unpaired) electrons. The largest absolute Gasteiger partial charge is 0.479 e. The van der Waals surface area contributed by atoms with E-state index in [4.69, 9.17) is 4.74 Å². The molecule has 5 nitrogen and oxygen atoms in total. The van der Waals surface area contributed by atoms with Crippen molar-refractivity contribution in [2.45, 2.75) is 19.1 Å². The van der Waals surface area contributed by atoms with Crippen LogP contribution in [0.4, 0.5) is 5.69 Å². The van der Waals surface area contributed by atoms with Gasteiger partial charge in [-0.2, -0.15) is 0 Å². The van der Waals surface area contributed by atoms with Crippen molar-refractivity contribution in [2.24, 2.45) is 0 Å². The monoisotopic (exact) mass is 248 g/mol. The molecule has 1 heterocycles. The molecule has 1 aliphatic heterocycles. The molecule has 1 amide bonds. The molecule has 2 rings (SSSR count). The van der Waals surface area contributed by atoms with E-state index in [1.807, 2.05) is 25.1 Å². The quantitative estimate of drug-likeness (QED) is 0.817. The number of aldehydes is 1. The van der Waals surface area contributed by atoms with Crippen molar-refractivity contribution in [2.75, 3.05) is 19.4 Å². The van der Waals surface area contributed by atoms with Crippen LogP contribution in [0.5, 0.6) is 5.75 Å². The highest BCUT2D eigenvalue weighted by molar-refractivity contribution is 5.97. The van der Waals surface area contributed by atoms with E-state index in [0.29, 0.717) is 11.4 Å². The van der Waals surface area contributed by atoms with Gasteiger partial charge in [-0.25, -0.2) is 0 Å². The smallest absolute Gasteiger partial charge is 0.265 e. The average molecular weight is 248 g/mol. The van der Waals surface area contributed by atoms with E-state index in [0.717, 1.165) is 11.8 Å². The highest BCUT2D eigenvalue weighted by Gasteiger charge is 2.24. The normalized spacial score (nSPS) is 19.8. The molecule has 5 heteroatoms. The van der Waals surface area contributed by atoms with Gasteiger partial charge < -0.3 is 14.8 Å². The SMILES string of the molecule is CC1Oc2ccc(C(C=O)N(C)C)cc2NC1=O. The predicted molar refractivity (Wildman–Crippen MR) is 67.7 cm³/mol. The zero-order valence-corrected chi connectivity index (χ0v) is 10.6. The molecule has 18 heavy (non-hydrogen) atoms. The number of nitrogens with one attached hydrogen (secondary N) is 1. The molecular weight excluding hydrogens is 232 g/mol. The first-order valence-corrected chi connectivity index (χ1v) is 5.76. The molecule has 0 fully saturated rings. The maximum absolute atomic E-state index is 11.5. The maximum atomic E-state index is 11.5. The van der Waals surface area contributed by atoms with Gasteiger partial charge in [-0.3, -0.25) is 9.69 Å². The van der Waals surface area contributed by atoms with Gasteiger partial charge in [0, 0.05) is 0 Å². The van der Waals surface area contributed by atoms with Crippen LogP contribution in [0.2, 0.25) is 0 Å². The number of likely N-dealkylation sites (N-methyl/N-ethyl adjacent to an activating group) is 1. The van der Waals surface area contributed by atoms with Gasteiger partial charge in [0.05, 0.1) is 11.7 Å². The molecule has 0 bridgehead atoms. The molecule has 2 unspecified atom stereocenters. The van der Waals surface area contributed by atoms with Gasteiger partial charge in [-0.05, 0) is 38.7 Å². The molecule has 1 aromatic rings. The minimum absolute atomic E-state index is 0.174. The standard InChI is InChI=1S/C13H16N2O3/c1-8-13(17)14-10-6-9(4-5-12(10)18-8)11(7-16)15(2)3/h4-8,11H,1-3H3,(H,14,17). The summed E-state index contributed by atoms with van der Waals surface area (Å²) >= 11 is 0. The van der Waals surface area contributed by atoms with E-state index in [1.165, 1.54) is 0 Å². The van der Waals surface area contributed by atoms with Crippen LogP contribution in [0.15, 0.2) is 18.2 Å². The summed E-state index contributed by atoms with van der Waals surface area (Å²) < 4.78 is 5.46. The Labute approximate surface area is 106 Å². The summed E-state index contributed by atoms with van der Waals surface area (Å²) in [5, 5.41) is 2.77. The number of hydrogen-bond acceptors (Lipinski definition) is 4. The number of benzene rings is 1. The molecule has 96 valence electrons. The number of fused-ring (bicyclic) bond motifs is 1. The Morgan fingerprint density at radius 2 is 2.17 bits per heavy atom. The third kappa shape index (κ3) is 2.22. The van der Waals surface area contributed by atoms with Gasteiger partial charge >= 0.3 is 0 Å². The van der Waals surface area contributed by atoms with Crippen LogP contribution in [0.1, 0.15) is 18.5 Å². The van der Waals surface area contributed by atoms with Crippen molar-refractivity contribution in [1.82, 2.24) is 4.90 Å². The summed E-state index contributed by atoms with van der Waals surface area (Å²) in [5.74, 6) is 0.460. The van der Waals surface area contributed by atoms with E-state index in [1.54, 1.807) is 19.1 Å². The summed E-state index contributed by atoms with van der Waals surface area (Å²) in [6.45, 7) is 1.69. The van der Waals surface area contributed by atoms with E-state index in [2.05, 4.69) is 5.32 Å². The van der Waals surface area contributed by atoms with Gasteiger partial charge in [0.1, 0.15) is 12.0 Å². The van der Waals surface area contributed by atoms with Crippen molar-refractivity contribution in [3.63, 3.8) is 0 Å². The molecule has 1 aromatic carbocycles. The Balaban J connectivity index is 2.35. The lowest BCUT2D eigenvalue weighted by molar-refractivity contribution is -0.122. The van der Waals surface area contributed by atoms with E-state index >= 15 is 0 Å². The number of amides is 1. The third-order valence-corrected chi connectivity index (χ3v) is 2.96. The Kier molecular flexibility index (Phi) is 3.34. The topological polar surface area (TPSA) is 58.6 Å². The first-order valence-electron chi connectivity index (χ1n) is 5.76. The lowest BCUT2D eigenvalue weighted by Crippen LogP contribution is -2.34. The number of nitrogens with zero attached hydrogens (tertiary/aromatic N) is 1. The summed E-state index contributed by atoms with van der Waals surface area (Å²) in [4.78, 5) is 24.4. The number of ether oxygens (including phenoxy) is 1. The second-order valence-electron chi connectivity index (χ2n) is 4.55. The van der Waals surface area contributed by atoms with Crippen molar-refractivity contribution < 1.29 is 14.3 Å². The number of carbonyl (C=O) groups is 2. The van der Waals surface area contributed by atoms with Gasteiger partial charge in [-0.1, -0.05) is 6.07 Å². The van der Waals surface area contributed by atoms with E-state index in [9.17, 15) is 9.59 Å². The highest BCUT2D eigenvalue weighted by Crippen LogP contribution is 2.32. The molecule has 0 aromatic heterocycles. The van der Waals surface area contributed by atoms with Gasteiger partial charge in [0.15, 0.2) is 6.10 Å². The zero-order chi connectivity index (χ0) is 13.3. The van der Waals surface area contributed by atoms with Crippen LogP contribution >= 0.6 is 0 Å². The molecule has 0 spiro atoms. The third-order valence-electron chi connectivity index (χ3n) is 2.96. The fraction of sp³-hybridized carbons (Fsp3) is 0.385. The predicted octanol–water partition coefficient (Wildman–Crippen LogP) is 1.21. The molecule has 0 saturated carbocycles. The molecule has 1 N–H and O–H groups in total. The van der Waals surface area contributed by atoms with Crippen LogP contribution in [0.25, 0.3) is 0 Å². The van der Waals surface area contributed by atoms with Crippen molar-refractivity contribution in [3.8, 4) is 5.75 Å². The van der Waals surface area contributed by atoms with E-state index in [-0.39, 0.29) is 11.9 Å². The number of carbonyl (C=O) groups excluding carboxylic acids is 2. The van der Waals surface area contributed by atoms with Crippen LogP contribution in [-0.2, 0) is 9.59 Å². The summed E-state index contributed by atoms with van der Waals surface area (Å²) in [6.07, 6.45) is 0.384. The second-order valence-corrected chi connectivity index (χ2v) is 4.55. The summed E-state index contributed by atoms with van der Waals surface area (Å²) in [6, 6.07) is 5.06. The van der Waals surface area contributed by atoms with Gasteiger partial charge in [-0.15, -0.1) is 0 Å². The van der Waals surface area contributed by atoms with Gasteiger partial charge in [0.2, 0.25) is 0 Å².